The predicted molar refractivity (Wildman–Crippen MR) is 137 cm³/mol. The third-order valence-corrected chi connectivity index (χ3v) is 13.1. The van der Waals surface area contributed by atoms with Crippen molar-refractivity contribution in [1.82, 2.24) is 0 Å². The van der Waals surface area contributed by atoms with Crippen LogP contribution in [0, 0.1) is 50.7 Å². The summed E-state index contributed by atoms with van der Waals surface area (Å²) < 4.78 is 6.68. The van der Waals surface area contributed by atoms with Crippen molar-refractivity contribution in [2.45, 2.75) is 137 Å². The van der Waals surface area contributed by atoms with Crippen molar-refractivity contribution >= 4 is 5.71 Å². The molecule has 0 unspecified atom stereocenters. The van der Waals surface area contributed by atoms with Crippen LogP contribution in [0.2, 0.25) is 0 Å². The SMILES string of the molecule is CC(C)(O)[C@H]1CC[C@@](C)([C@H]2CC[C@]3(C)[C@@H]2C(=N)C[C@@H]2[C@@]4(C)CC[C@H](O)C(C)(C)[C@@H]4CC[C@]23C)O1. The van der Waals surface area contributed by atoms with Gasteiger partial charge in [0.25, 0.3) is 0 Å². The summed E-state index contributed by atoms with van der Waals surface area (Å²) in [6.45, 7) is 18.2. The second kappa shape index (κ2) is 7.32. The summed E-state index contributed by atoms with van der Waals surface area (Å²) in [5.74, 6) is 1.68. The fourth-order valence-corrected chi connectivity index (χ4v) is 10.8. The number of hydrogen-bond donors (Lipinski definition) is 3. The molecule has 194 valence electrons. The fourth-order valence-electron chi connectivity index (χ4n) is 10.8. The maximum atomic E-state index is 10.9. The zero-order chi connectivity index (χ0) is 25.1. The molecule has 1 saturated heterocycles. The molecule has 10 atom stereocenters. The standard InChI is InChI=1S/C30H51NO3/c1-25(2)20-10-15-28(6)21(27(20,5)13-11-22(25)32)17-19(31)24-18(9-14-29(24,28)7)30(8)16-12-23(34-30)26(3,4)33/h18,20-24,31-33H,9-17H2,1-8H3/t18-,20-,21+,22-,23+,24-,27-,28+,29+,30-/m0/s1. The molecule has 0 radical (unpaired) electrons. The van der Waals surface area contributed by atoms with Gasteiger partial charge in [0.1, 0.15) is 0 Å². The quantitative estimate of drug-likeness (QED) is 0.436. The van der Waals surface area contributed by atoms with Crippen LogP contribution in [0.3, 0.4) is 0 Å². The maximum Gasteiger partial charge on any atom is 0.0865 e. The molecule has 5 aliphatic rings. The van der Waals surface area contributed by atoms with Gasteiger partial charge in [-0.1, -0.05) is 34.6 Å². The molecule has 34 heavy (non-hydrogen) atoms. The van der Waals surface area contributed by atoms with Gasteiger partial charge in [-0.25, -0.2) is 0 Å². The van der Waals surface area contributed by atoms with E-state index in [4.69, 9.17) is 4.74 Å². The van der Waals surface area contributed by atoms with Crippen LogP contribution in [0.25, 0.3) is 0 Å². The Bertz CT molecular complexity index is 862. The van der Waals surface area contributed by atoms with Crippen LogP contribution in [0.5, 0.6) is 0 Å². The molecule has 4 nitrogen and oxygen atoms in total. The smallest absolute Gasteiger partial charge is 0.0865 e. The van der Waals surface area contributed by atoms with Crippen LogP contribution in [-0.2, 0) is 4.74 Å². The lowest BCUT2D eigenvalue weighted by Gasteiger charge is -2.70. The lowest BCUT2D eigenvalue weighted by Crippen LogP contribution is -2.65. The molecule has 4 aliphatic carbocycles. The Kier molecular flexibility index (Phi) is 5.42. The van der Waals surface area contributed by atoms with Crippen LogP contribution in [0.1, 0.15) is 113 Å². The minimum atomic E-state index is -0.817. The Morgan fingerprint density at radius 3 is 2.12 bits per heavy atom. The topological polar surface area (TPSA) is 73.5 Å². The van der Waals surface area contributed by atoms with Crippen LogP contribution in [-0.4, -0.2) is 39.3 Å². The third kappa shape index (κ3) is 3.09. The number of aliphatic hydroxyl groups is 2. The predicted octanol–water partition coefficient (Wildman–Crippen LogP) is 6.37. The van der Waals surface area contributed by atoms with Gasteiger partial charge in [0.15, 0.2) is 0 Å². The average molecular weight is 474 g/mol. The lowest BCUT2D eigenvalue weighted by molar-refractivity contribution is -0.207. The second-order valence-electron chi connectivity index (χ2n) is 15.3. The largest absolute Gasteiger partial charge is 0.393 e. The second-order valence-corrected chi connectivity index (χ2v) is 15.3. The summed E-state index contributed by atoms with van der Waals surface area (Å²) in [7, 11) is 0. The van der Waals surface area contributed by atoms with E-state index in [0.29, 0.717) is 17.8 Å². The molecule has 3 N–H and O–H groups in total. The van der Waals surface area contributed by atoms with Crippen molar-refractivity contribution < 1.29 is 14.9 Å². The van der Waals surface area contributed by atoms with E-state index in [2.05, 4.69) is 41.5 Å². The summed E-state index contributed by atoms with van der Waals surface area (Å²) in [4.78, 5) is 0. The highest BCUT2D eigenvalue weighted by Gasteiger charge is 2.71. The molecular weight excluding hydrogens is 422 g/mol. The van der Waals surface area contributed by atoms with Crippen LogP contribution in [0.4, 0.5) is 0 Å². The molecule has 4 saturated carbocycles. The van der Waals surface area contributed by atoms with Gasteiger partial charge >= 0.3 is 0 Å². The number of rotatable bonds is 2. The van der Waals surface area contributed by atoms with Gasteiger partial charge in [0, 0.05) is 11.6 Å². The van der Waals surface area contributed by atoms with Gasteiger partial charge < -0.3 is 20.4 Å². The summed E-state index contributed by atoms with van der Waals surface area (Å²) >= 11 is 0. The lowest BCUT2D eigenvalue weighted by atomic mass is 9.35. The third-order valence-electron chi connectivity index (χ3n) is 13.1. The Morgan fingerprint density at radius 1 is 0.853 bits per heavy atom. The molecule has 0 spiro atoms. The first kappa shape index (κ1) is 25.2. The molecular formula is C30H51NO3. The van der Waals surface area contributed by atoms with Gasteiger partial charge in [-0.15, -0.1) is 0 Å². The minimum Gasteiger partial charge on any atom is -0.393 e. The molecule has 4 heteroatoms. The minimum absolute atomic E-state index is 0.0518. The van der Waals surface area contributed by atoms with E-state index in [0.717, 1.165) is 44.2 Å². The van der Waals surface area contributed by atoms with Gasteiger partial charge in [0.05, 0.1) is 23.4 Å². The fraction of sp³-hybridized carbons (Fsp3) is 0.967. The van der Waals surface area contributed by atoms with Gasteiger partial charge in [-0.05, 0) is 118 Å². The van der Waals surface area contributed by atoms with Gasteiger partial charge in [-0.3, -0.25) is 0 Å². The normalized spacial score (nSPS) is 54.9. The molecule has 1 aliphatic heterocycles. The Morgan fingerprint density at radius 2 is 1.50 bits per heavy atom. The summed E-state index contributed by atoms with van der Waals surface area (Å²) in [6, 6.07) is 0. The molecule has 5 rings (SSSR count). The van der Waals surface area contributed by atoms with Crippen molar-refractivity contribution in [2.75, 3.05) is 0 Å². The van der Waals surface area contributed by atoms with Crippen molar-refractivity contribution in [3.05, 3.63) is 0 Å². The van der Waals surface area contributed by atoms with Crippen molar-refractivity contribution in [1.29, 1.82) is 5.41 Å². The number of fused-ring (bicyclic) bond motifs is 5. The molecule has 0 bridgehead atoms. The van der Waals surface area contributed by atoms with Gasteiger partial charge in [0.2, 0.25) is 0 Å². The zero-order valence-electron chi connectivity index (χ0n) is 23.1. The van der Waals surface area contributed by atoms with E-state index in [9.17, 15) is 15.6 Å². The Labute approximate surface area is 208 Å². The van der Waals surface area contributed by atoms with E-state index in [1.54, 1.807) is 0 Å². The van der Waals surface area contributed by atoms with E-state index in [1.807, 2.05) is 13.8 Å². The number of ether oxygens (including phenoxy) is 1. The summed E-state index contributed by atoms with van der Waals surface area (Å²) in [6.07, 6.45) is 9.19. The monoisotopic (exact) mass is 473 g/mol. The Balaban J connectivity index is 1.49. The summed E-state index contributed by atoms with van der Waals surface area (Å²) in [5.41, 5.74) is 0.367. The molecule has 0 amide bonds. The van der Waals surface area contributed by atoms with E-state index < -0.39 is 5.60 Å². The van der Waals surface area contributed by atoms with Crippen LogP contribution in [0.15, 0.2) is 0 Å². The Hall–Kier alpha value is -0.450. The first-order chi connectivity index (χ1) is 15.5. The highest BCUT2D eigenvalue weighted by Crippen LogP contribution is 2.75. The molecule has 0 aromatic rings. The van der Waals surface area contributed by atoms with Crippen molar-refractivity contribution in [3.63, 3.8) is 0 Å². The first-order valence-corrected chi connectivity index (χ1v) is 14.2. The molecule has 5 fully saturated rings. The highest BCUT2D eigenvalue weighted by atomic mass is 16.5. The van der Waals surface area contributed by atoms with Gasteiger partial charge in [-0.2, -0.15) is 0 Å². The van der Waals surface area contributed by atoms with E-state index in [-0.39, 0.29) is 45.4 Å². The summed E-state index contributed by atoms with van der Waals surface area (Å²) in [5, 5.41) is 31.0. The number of nitrogens with one attached hydrogen (secondary N) is 1. The van der Waals surface area contributed by atoms with E-state index >= 15 is 0 Å². The molecule has 1 heterocycles. The number of hydrogen-bond acceptors (Lipinski definition) is 4. The van der Waals surface area contributed by atoms with Crippen molar-refractivity contribution in [2.24, 2.45) is 45.3 Å². The molecule has 0 aromatic heterocycles. The molecule has 0 aromatic carbocycles. The van der Waals surface area contributed by atoms with E-state index in [1.165, 1.54) is 19.3 Å². The maximum absolute atomic E-state index is 10.9. The van der Waals surface area contributed by atoms with Crippen LogP contribution >= 0.6 is 0 Å². The average Bonchev–Trinajstić information content (AvgIpc) is 3.30. The van der Waals surface area contributed by atoms with Crippen LogP contribution < -0.4 is 0 Å². The first-order valence-electron chi connectivity index (χ1n) is 14.2. The zero-order valence-corrected chi connectivity index (χ0v) is 23.1. The highest BCUT2D eigenvalue weighted by molar-refractivity contribution is 5.87. The van der Waals surface area contributed by atoms with Crippen molar-refractivity contribution in [3.8, 4) is 0 Å². The number of aliphatic hydroxyl groups excluding tert-OH is 1.